The van der Waals surface area contributed by atoms with Crippen molar-refractivity contribution in [3.05, 3.63) is 22.4 Å². The van der Waals surface area contributed by atoms with Crippen molar-refractivity contribution in [2.24, 2.45) is 0 Å². The van der Waals surface area contributed by atoms with E-state index in [0.29, 0.717) is 0 Å². The first kappa shape index (κ1) is 11.1. The summed E-state index contributed by atoms with van der Waals surface area (Å²) in [4.78, 5) is 0. The first-order valence-electron chi connectivity index (χ1n) is 5.62. The average Bonchev–Trinajstić information content (AvgIpc) is 2.71. The lowest BCUT2D eigenvalue weighted by Crippen LogP contribution is -2.49. The van der Waals surface area contributed by atoms with E-state index < -0.39 is 0 Å². The van der Waals surface area contributed by atoms with Gasteiger partial charge in [0.2, 0.25) is 0 Å². The van der Waals surface area contributed by atoms with E-state index in [0.717, 1.165) is 26.2 Å². The van der Waals surface area contributed by atoms with Crippen LogP contribution in [0.15, 0.2) is 16.8 Å². The summed E-state index contributed by atoms with van der Waals surface area (Å²) in [5.74, 6) is 0. The van der Waals surface area contributed by atoms with Crippen LogP contribution in [0.25, 0.3) is 0 Å². The highest BCUT2D eigenvalue weighted by Gasteiger charge is 2.26. The van der Waals surface area contributed by atoms with E-state index in [1.165, 1.54) is 18.4 Å². The van der Waals surface area contributed by atoms with Crippen molar-refractivity contribution in [2.45, 2.75) is 31.7 Å². The maximum atomic E-state index is 5.51. The number of thiophene rings is 1. The summed E-state index contributed by atoms with van der Waals surface area (Å²) in [6, 6.07) is 2.20. The molecule has 1 aliphatic rings. The highest BCUT2D eigenvalue weighted by atomic mass is 32.1. The normalized spacial score (nSPS) is 26.7. The predicted molar refractivity (Wildman–Crippen MR) is 64.5 cm³/mol. The van der Waals surface area contributed by atoms with Crippen molar-refractivity contribution in [3.8, 4) is 0 Å². The Morgan fingerprint density at radius 2 is 2.53 bits per heavy atom. The van der Waals surface area contributed by atoms with Crippen molar-refractivity contribution < 1.29 is 4.74 Å². The fourth-order valence-corrected chi connectivity index (χ4v) is 2.72. The van der Waals surface area contributed by atoms with Crippen LogP contribution < -0.4 is 5.32 Å². The van der Waals surface area contributed by atoms with Gasteiger partial charge in [0.1, 0.15) is 0 Å². The SMILES string of the molecule is CC1(NCCc2ccsc2)CCCOC1. The lowest BCUT2D eigenvalue weighted by molar-refractivity contribution is 0.0289. The first-order valence-corrected chi connectivity index (χ1v) is 6.57. The van der Waals surface area contributed by atoms with Crippen molar-refractivity contribution in [1.82, 2.24) is 5.32 Å². The molecular weight excluding hydrogens is 206 g/mol. The van der Waals surface area contributed by atoms with Crippen LogP contribution in [0.3, 0.4) is 0 Å². The van der Waals surface area contributed by atoms with Gasteiger partial charge in [-0.05, 0) is 55.1 Å². The van der Waals surface area contributed by atoms with E-state index in [1.807, 2.05) is 0 Å². The van der Waals surface area contributed by atoms with Gasteiger partial charge in [-0.1, -0.05) is 0 Å². The molecule has 0 saturated carbocycles. The van der Waals surface area contributed by atoms with Gasteiger partial charge in [0.05, 0.1) is 6.61 Å². The molecule has 84 valence electrons. The van der Waals surface area contributed by atoms with Crippen LogP contribution in [-0.2, 0) is 11.2 Å². The zero-order chi connectivity index (χ0) is 10.6. The summed E-state index contributed by atoms with van der Waals surface area (Å²) >= 11 is 1.77. The Hall–Kier alpha value is -0.380. The highest BCUT2D eigenvalue weighted by Crippen LogP contribution is 2.18. The Balaban J connectivity index is 1.72. The quantitative estimate of drug-likeness (QED) is 0.850. The predicted octanol–water partition coefficient (Wildman–Crippen LogP) is 2.45. The van der Waals surface area contributed by atoms with Crippen LogP contribution in [0.4, 0.5) is 0 Å². The number of ether oxygens (including phenoxy) is 1. The third-order valence-corrected chi connectivity index (χ3v) is 3.72. The Kier molecular flexibility index (Phi) is 3.78. The molecule has 0 radical (unpaired) electrons. The molecule has 1 aliphatic heterocycles. The minimum atomic E-state index is 0.203. The number of hydrogen-bond acceptors (Lipinski definition) is 3. The first-order chi connectivity index (χ1) is 7.29. The summed E-state index contributed by atoms with van der Waals surface area (Å²) < 4.78 is 5.51. The van der Waals surface area contributed by atoms with Crippen LogP contribution in [0, 0.1) is 0 Å². The molecule has 0 aromatic carbocycles. The monoisotopic (exact) mass is 225 g/mol. The molecule has 15 heavy (non-hydrogen) atoms. The second kappa shape index (κ2) is 5.10. The minimum absolute atomic E-state index is 0.203. The van der Waals surface area contributed by atoms with Crippen molar-refractivity contribution in [2.75, 3.05) is 19.8 Å². The second-order valence-corrected chi connectivity index (χ2v) is 5.31. The van der Waals surface area contributed by atoms with Gasteiger partial charge in [0, 0.05) is 12.1 Å². The molecule has 0 aliphatic carbocycles. The van der Waals surface area contributed by atoms with E-state index in [4.69, 9.17) is 4.74 Å². The number of rotatable bonds is 4. The van der Waals surface area contributed by atoms with Gasteiger partial charge in [-0.3, -0.25) is 0 Å². The number of hydrogen-bond donors (Lipinski definition) is 1. The zero-order valence-electron chi connectivity index (χ0n) is 9.29. The summed E-state index contributed by atoms with van der Waals surface area (Å²) in [5, 5.41) is 7.98. The topological polar surface area (TPSA) is 21.3 Å². The van der Waals surface area contributed by atoms with Crippen LogP contribution in [0.1, 0.15) is 25.3 Å². The van der Waals surface area contributed by atoms with E-state index in [-0.39, 0.29) is 5.54 Å². The molecular formula is C12H19NOS. The molecule has 2 nitrogen and oxygen atoms in total. The Morgan fingerprint density at radius 1 is 1.60 bits per heavy atom. The lowest BCUT2D eigenvalue weighted by Gasteiger charge is -2.34. The van der Waals surface area contributed by atoms with Crippen LogP contribution in [-0.4, -0.2) is 25.3 Å². The van der Waals surface area contributed by atoms with Gasteiger partial charge in [0.15, 0.2) is 0 Å². The summed E-state index contributed by atoms with van der Waals surface area (Å²) in [7, 11) is 0. The zero-order valence-corrected chi connectivity index (χ0v) is 10.1. The van der Waals surface area contributed by atoms with Gasteiger partial charge < -0.3 is 10.1 Å². The highest BCUT2D eigenvalue weighted by molar-refractivity contribution is 7.07. The Labute approximate surface area is 95.6 Å². The molecule has 0 amide bonds. The average molecular weight is 225 g/mol. The van der Waals surface area contributed by atoms with E-state index in [1.54, 1.807) is 11.3 Å². The maximum Gasteiger partial charge on any atom is 0.0645 e. The summed E-state index contributed by atoms with van der Waals surface area (Å²) in [6.45, 7) is 5.11. The second-order valence-electron chi connectivity index (χ2n) is 4.53. The fourth-order valence-electron chi connectivity index (χ4n) is 2.02. The van der Waals surface area contributed by atoms with Gasteiger partial charge in [0.25, 0.3) is 0 Å². The molecule has 1 unspecified atom stereocenters. The smallest absolute Gasteiger partial charge is 0.0645 e. The van der Waals surface area contributed by atoms with Gasteiger partial charge >= 0.3 is 0 Å². The van der Waals surface area contributed by atoms with Crippen molar-refractivity contribution >= 4 is 11.3 Å². The Morgan fingerprint density at radius 3 is 3.20 bits per heavy atom. The standard InChI is InChI=1S/C12H19NOS/c1-12(5-2-7-14-10-12)13-6-3-11-4-8-15-9-11/h4,8-9,13H,2-3,5-7,10H2,1H3. The fraction of sp³-hybridized carbons (Fsp3) is 0.667. The summed E-state index contributed by atoms with van der Waals surface area (Å²) in [5.41, 5.74) is 1.64. The maximum absolute atomic E-state index is 5.51. The third kappa shape index (κ3) is 3.30. The van der Waals surface area contributed by atoms with E-state index >= 15 is 0 Å². The third-order valence-electron chi connectivity index (χ3n) is 2.98. The Bertz CT molecular complexity index is 278. The van der Waals surface area contributed by atoms with Crippen LogP contribution in [0.2, 0.25) is 0 Å². The minimum Gasteiger partial charge on any atom is -0.380 e. The molecule has 1 saturated heterocycles. The molecule has 1 aromatic heterocycles. The largest absolute Gasteiger partial charge is 0.380 e. The number of nitrogens with one attached hydrogen (secondary N) is 1. The van der Waals surface area contributed by atoms with Crippen molar-refractivity contribution in [1.29, 1.82) is 0 Å². The van der Waals surface area contributed by atoms with Crippen LogP contribution >= 0.6 is 11.3 Å². The van der Waals surface area contributed by atoms with E-state index in [9.17, 15) is 0 Å². The molecule has 1 aromatic rings. The summed E-state index contributed by atoms with van der Waals surface area (Å²) in [6.07, 6.45) is 3.54. The van der Waals surface area contributed by atoms with Crippen molar-refractivity contribution in [3.63, 3.8) is 0 Å². The molecule has 1 fully saturated rings. The molecule has 2 rings (SSSR count). The molecule has 3 heteroatoms. The molecule has 0 spiro atoms. The molecule has 0 bridgehead atoms. The van der Waals surface area contributed by atoms with E-state index in [2.05, 4.69) is 29.1 Å². The van der Waals surface area contributed by atoms with Gasteiger partial charge in [-0.25, -0.2) is 0 Å². The lowest BCUT2D eigenvalue weighted by atomic mass is 9.95. The van der Waals surface area contributed by atoms with Crippen LogP contribution in [0.5, 0.6) is 0 Å². The molecule has 1 atom stereocenters. The van der Waals surface area contributed by atoms with Gasteiger partial charge in [-0.15, -0.1) is 0 Å². The molecule has 1 N–H and O–H groups in total. The molecule has 2 heterocycles. The van der Waals surface area contributed by atoms with Gasteiger partial charge in [-0.2, -0.15) is 11.3 Å².